The minimum atomic E-state index is -0.608. The summed E-state index contributed by atoms with van der Waals surface area (Å²) in [6.45, 7) is 0. The number of methoxy groups -OCH3 is 1. The van der Waals surface area contributed by atoms with Gasteiger partial charge in [-0.25, -0.2) is 8.78 Å². The fraction of sp³-hybridized carbons (Fsp3) is 0.0769. The van der Waals surface area contributed by atoms with Gasteiger partial charge in [-0.2, -0.15) is 0 Å². The molecule has 100 valence electrons. The topological polar surface area (TPSA) is 44.5 Å². The molecule has 2 N–H and O–H groups in total. The first-order chi connectivity index (χ1) is 9.01. The number of nitrogens with two attached hydrogens (primary N) is 1. The van der Waals surface area contributed by atoms with Gasteiger partial charge in [0.25, 0.3) is 0 Å². The first-order valence-corrected chi connectivity index (χ1v) is 6.06. The van der Waals surface area contributed by atoms with Crippen molar-refractivity contribution in [3.8, 4) is 17.2 Å². The van der Waals surface area contributed by atoms with E-state index in [4.69, 9.17) is 15.2 Å². The van der Waals surface area contributed by atoms with Crippen molar-refractivity contribution >= 4 is 21.6 Å². The van der Waals surface area contributed by atoms with Crippen LogP contribution in [0.15, 0.2) is 34.8 Å². The van der Waals surface area contributed by atoms with Crippen molar-refractivity contribution in [1.82, 2.24) is 0 Å². The average molecular weight is 330 g/mol. The molecule has 2 aromatic rings. The Bertz CT molecular complexity index is 620. The number of benzene rings is 2. The average Bonchev–Trinajstić information content (AvgIpc) is 2.35. The number of nitrogen functional groups attached to an aromatic ring is 1. The molecular weight excluding hydrogens is 320 g/mol. The molecule has 0 bridgehead atoms. The number of ether oxygens (including phenoxy) is 2. The van der Waals surface area contributed by atoms with Gasteiger partial charge in [0.1, 0.15) is 0 Å². The summed E-state index contributed by atoms with van der Waals surface area (Å²) in [5, 5.41) is 0. The van der Waals surface area contributed by atoms with Gasteiger partial charge < -0.3 is 15.2 Å². The van der Waals surface area contributed by atoms with E-state index in [0.717, 1.165) is 6.07 Å². The van der Waals surface area contributed by atoms with E-state index in [9.17, 15) is 8.78 Å². The van der Waals surface area contributed by atoms with E-state index in [1.165, 1.54) is 25.3 Å². The standard InChI is InChI=1S/C13H10BrF2NO2/c1-18-12-6-13(10(17)5-9(12)16)19-11-3-2-7(14)4-8(11)15/h2-6H,17H2,1H3. The number of rotatable bonds is 3. The lowest BCUT2D eigenvalue weighted by molar-refractivity contribution is 0.380. The van der Waals surface area contributed by atoms with Crippen LogP contribution in [0.4, 0.5) is 14.5 Å². The van der Waals surface area contributed by atoms with E-state index >= 15 is 0 Å². The lowest BCUT2D eigenvalue weighted by Crippen LogP contribution is -1.97. The SMILES string of the molecule is COc1cc(Oc2ccc(Br)cc2F)c(N)cc1F. The molecule has 0 fully saturated rings. The lowest BCUT2D eigenvalue weighted by Gasteiger charge is -2.11. The molecular formula is C13H10BrF2NO2. The maximum atomic E-state index is 13.6. The van der Waals surface area contributed by atoms with Crippen LogP contribution in [-0.4, -0.2) is 7.11 Å². The van der Waals surface area contributed by atoms with Gasteiger partial charge in [-0.15, -0.1) is 0 Å². The first kappa shape index (κ1) is 13.6. The molecule has 0 spiro atoms. The maximum absolute atomic E-state index is 13.6. The summed E-state index contributed by atoms with van der Waals surface area (Å²) in [5.41, 5.74) is 5.68. The van der Waals surface area contributed by atoms with Crippen molar-refractivity contribution in [3.63, 3.8) is 0 Å². The van der Waals surface area contributed by atoms with Crippen LogP contribution in [0, 0.1) is 11.6 Å². The Balaban J connectivity index is 2.37. The second kappa shape index (κ2) is 5.44. The van der Waals surface area contributed by atoms with Crippen LogP contribution >= 0.6 is 15.9 Å². The number of hydrogen-bond acceptors (Lipinski definition) is 3. The van der Waals surface area contributed by atoms with Crippen molar-refractivity contribution in [2.24, 2.45) is 0 Å². The molecule has 0 saturated heterocycles. The van der Waals surface area contributed by atoms with E-state index in [1.807, 2.05) is 0 Å². The zero-order chi connectivity index (χ0) is 14.0. The van der Waals surface area contributed by atoms with Gasteiger partial charge in [-0.1, -0.05) is 15.9 Å². The number of hydrogen-bond donors (Lipinski definition) is 1. The van der Waals surface area contributed by atoms with E-state index in [0.29, 0.717) is 4.47 Å². The first-order valence-electron chi connectivity index (χ1n) is 5.27. The fourth-order valence-corrected chi connectivity index (χ4v) is 1.80. The smallest absolute Gasteiger partial charge is 0.167 e. The highest BCUT2D eigenvalue weighted by Gasteiger charge is 2.12. The van der Waals surface area contributed by atoms with Gasteiger partial charge in [0, 0.05) is 16.6 Å². The summed E-state index contributed by atoms with van der Waals surface area (Å²) in [6, 6.07) is 6.65. The molecule has 0 heterocycles. The summed E-state index contributed by atoms with van der Waals surface area (Å²) >= 11 is 3.14. The largest absolute Gasteiger partial charge is 0.494 e. The van der Waals surface area contributed by atoms with E-state index < -0.39 is 11.6 Å². The van der Waals surface area contributed by atoms with Crippen LogP contribution in [0.3, 0.4) is 0 Å². The summed E-state index contributed by atoms with van der Waals surface area (Å²) in [5.74, 6) is -1.08. The number of halogens is 3. The molecule has 0 saturated carbocycles. The molecule has 0 aliphatic carbocycles. The van der Waals surface area contributed by atoms with E-state index in [1.54, 1.807) is 6.07 Å². The summed E-state index contributed by atoms with van der Waals surface area (Å²) in [7, 11) is 1.32. The molecule has 19 heavy (non-hydrogen) atoms. The third-order valence-corrected chi connectivity index (χ3v) is 2.89. The van der Waals surface area contributed by atoms with Gasteiger partial charge in [-0.05, 0) is 18.2 Å². The Labute approximate surface area is 117 Å². The molecule has 0 aromatic heterocycles. The predicted molar refractivity (Wildman–Crippen MR) is 71.5 cm³/mol. The molecule has 0 radical (unpaired) electrons. The monoisotopic (exact) mass is 329 g/mol. The third-order valence-electron chi connectivity index (χ3n) is 2.40. The summed E-state index contributed by atoms with van der Waals surface area (Å²) in [6.07, 6.45) is 0. The Kier molecular flexibility index (Phi) is 3.90. The van der Waals surface area contributed by atoms with Crippen molar-refractivity contribution in [2.75, 3.05) is 12.8 Å². The Hall–Kier alpha value is -1.82. The van der Waals surface area contributed by atoms with Crippen molar-refractivity contribution < 1.29 is 18.3 Å². The Morgan fingerprint density at radius 3 is 2.32 bits per heavy atom. The molecule has 2 rings (SSSR count). The van der Waals surface area contributed by atoms with Gasteiger partial charge in [-0.3, -0.25) is 0 Å². The molecule has 0 unspecified atom stereocenters. The molecule has 0 aliphatic heterocycles. The zero-order valence-electron chi connectivity index (χ0n) is 9.91. The quantitative estimate of drug-likeness (QED) is 0.862. The summed E-state index contributed by atoms with van der Waals surface area (Å²) < 4.78 is 37.7. The van der Waals surface area contributed by atoms with Crippen LogP contribution in [-0.2, 0) is 0 Å². The van der Waals surface area contributed by atoms with Gasteiger partial charge in [0.05, 0.1) is 12.8 Å². The number of anilines is 1. The Morgan fingerprint density at radius 1 is 1.00 bits per heavy atom. The second-order valence-electron chi connectivity index (χ2n) is 3.70. The van der Waals surface area contributed by atoms with E-state index in [2.05, 4.69) is 15.9 Å². The molecule has 0 atom stereocenters. The molecule has 6 heteroatoms. The lowest BCUT2D eigenvalue weighted by atomic mass is 10.2. The fourth-order valence-electron chi connectivity index (χ4n) is 1.47. The van der Waals surface area contributed by atoms with Crippen molar-refractivity contribution in [3.05, 3.63) is 46.4 Å². The molecule has 2 aromatic carbocycles. The highest BCUT2D eigenvalue weighted by atomic mass is 79.9. The van der Waals surface area contributed by atoms with Crippen molar-refractivity contribution in [1.29, 1.82) is 0 Å². The minimum Gasteiger partial charge on any atom is -0.494 e. The van der Waals surface area contributed by atoms with Crippen molar-refractivity contribution in [2.45, 2.75) is 0 Å². The van der Waals surface area contributed by atoms with Crippen LogP contribution in [0.25, 0.3) is 0 Å². The van der Waals surface area contributed by atoms with Crippen LogP contribution in [0.2, 0.25) is 0 Å². The maximum Gasteiger partial charge on any atom is 0.167 e. The van der Waals surface area contributed by atoms with E-state index in [-0.39, 0.29) is 22.9 Å². The Morgan fingerprint density at radius 2 is 1.68 bits per heavy atom. The zero-order valence-corrected chi connectivity index (χ0v) is 11.5. The van der Waals surface area contributed by atoms with Gasteiger partial charge in [0.2, 0.25) is 0 Å². The van der Waals surface area contributed by atoms with Crippen LogP contribution < -0.4 is 15.2 Å². The van der Waals surface area contributed by atoms with Gasteiger partial charge in [0.15, 0.2) is 28.9 Å². The van der Waals surface area contributed by atoms with Crippen LogP contribution in [0.1, 0.15) is 0 Å². The highest BCUT2D eigenvalue weighted by molar-refractivity contribution is 9.10. The predicted octanol–water partition coefficient (Wildman–Crippen LogP) is 4.11. The highest BCUT2D eigenvalue weighted by Crippen LogP contribution is 2.34. The minimum absolute atomic E-state index is 0.0106. The van der Waals surface area contributed by atoms with Gasteiger partial charge >= 0.3 is 0 Å². The van der Waals surface area contributed by atoms with Crippen LogP contribution in [0.5, 0.6) is 17.2 Å². The molecule has 3 nitrogen and oxygen atoms in total. The third kappa shape index (κ3) is 2.96. The second-order valence-corrected chi connectivity index (χ2v) is 4.62. The summed E-state index contributed by atoms with van der Waals surface area (Å²) in [4.78, 5) is 0. The molecule has 0 amide bonds. The normalized spacial score (nSPS) is 10.3. The molecule has 0 aliphatic rings.